The number of nitrogens with two attached hydrogens (primary N) is 1. The Balaban J connectivity index is 1.78. The van der Waals surface area contributed by atoms with Gasteiger partial charge in [0.15, 0.2) is 0 Å². The van der Waals surface area contributed by atoms with Crippen molar-refractivity contribution in [2.24, 2.45) is 5.73 Å². The van der Waals surface area contributed by atoms with E-state index in [1.54, 1.807) is 6.92 Å². The van der Waals surface area contributed by atoms with Crippen molar-refractivity contribution in [2.75, 3.05) is 6.54 Å². The number of alkyl carbamates (subject to hydrolysis) is 1. The number of carbonyl (C=O) groups excluding carboxylic acids is 1. The summed E-state index contributed by atoms with van der Waals surface area (Å²) in [4.78, 5) is 11.6. The zero-order valence-corrected chi connectivity index (χ0v) is 12.2. The molecule has 6 heteroatoms. The average molecular weight is 308 g/mol. The zero-order valence-electron chi connectivity index (χ0n) is 12.2. The Bertz CT molecular complexity index is 584. The van der Waals surface area contributed by atoms with Gasteiger partial charge < -0.3 is 15.8 Å². The van der Waals surface area contributed by atoms with Crippen LogP contribution >= 0.6 is 0 Å². The van der Waals surface area contributed by atoms with E-state index in [-0.39, 0.29) is 24.6 Å². The highest BCUT2D eigenvalue weighted by Gasteiger charge is 2.33. The summed E-state index contributed by atoms with van der Waals surface area (Å²) in [6.07, 6.45) is 0.317. The Hall–Kier alpha value is -2.13. The Morgan fingerprint density at radius 1 is 1.41 bits per heavy atom. The van der Waals surface area contributed by atoms with Crippen LogP contribution in [0, 0.1) is 23.5 Å². The molecule has 1 aliphatic carbocycles. The van der Waals surface area contributed by atoms with E-state index in [0.717, 1.165) is 6.07 Å². The minimum atomic E-state index is -0.593. The van der Waals surface area contributed by atoms with Gasteiger partial charge in [0.1, 0.15) is 17.7 Å². The van der Waals surface area contributed by atoms with Gasteiger partial charge in [0.2, 0.25) is 0 Å². The molecule has 1 amide bonds. The van der Waals surface area contributed by atoms with Gasteiger partial charge in [-0.1, -0.05) is 11.8 Å². The fourth-order valence-electron chi connectivity index (χ4n) is 2.36. The smallest absolute Gasteiger partial charge is 0.408 e. The van der Waals surface area contributed by atoms with E-state index in [2.05, 4.69) is 17.2 Å². The molecule has 1 atom stereocenters. The molecule has 2 rings (SSSR count). The molecule has 4 nitrogen and oxygen atoms in total. The van der Waals surface area contributed by atoms with E-state index in [1.807, 2.05) is 0 Å². The monoisotopic (exact) mass is 308 g/mol. The molecule has 118 valence electrons. The van der Waals surface area contributed by atoms with Gasteiger partial charge in [0.05, 0.1) is 12.6 Å². The molecule has 0 unspecified atom stereocenters. The van der Waals surface area contributed by atoms with Crippen molar-refractivity contribution in [3.05, 3.63) is 35.4 Å². The first-order valence-electron chi connectivity index (χ1n) is 7.09. The number of rotatable bonds is 3. The van der Waals surface area contributed by atoms with Gasteiger partial charge in [-0.25, -0.2) is 13.6 Å². The number of ether oxygens (including phenoxy) is 1. The van der Waals surface area contributed by atoms with Crippen LogP contribution in [0.25, 0.3) is 0 Å². The van der Waals surface area contributed by atoms with E-state index in [0.29, 0.717) is 18.4 Å². The summed E-state index contributed by atoms with van der Waals surface area (Å²) in [6, 6.07) is 3.13. The summed E-state index contributed by atoms with van der Waals surface area (Å²) < 4.78 is 31.5. The van der Waals surface area contributed by atoms with Gasteiger partial charge in [-0.2, -0.15) is 0 Å². The molecule has 0 bridgehead atoms. The van der Waals surface area contributed by atoms with Crippen LogP contribution in [0.1, 0.15) is 31.2 Å². The Morgan fingerprint density at radius 2 is 2.05 bits per heavy atom. The predicted molar refractivity (Wildman–Crippen MR) is 78.0 cm³/mol. The Labute approximate surface area is 128 Å². The molecule has 0 aliphatic heterocycles. The fourth-order valence-corrected chi connectivity index (χ4v) is 2.36. The van der Waals surface area contributed by atoms with Crippen LogP contribution in [0.4, 0.5) is 13.6 Å². The van der Waals surface area contributed by atoms with Gasteiger partial charge in [0, 0.05) is 6.07 Å². The molecule has 1 saturated carbocycles. The normalized spacial score (nSPS) is 21.1. The number of nitrogens with one attached hydrogen (secondary N) is 1. The predicted octanol–water partition coefficient (Wildman–Crippen LogP) is 2.29. The van der Waals surface area contributed by atoms with Crippen LogP contribution < -0.4 is 11.1 Å². The molecule has 1 aromatic carbocycles. The van der Waals surface area contributed by atoms with E-state index in [4.69, 9.17) is 10.5 Å². The third-order valence-electron chi connectivity index (χ3n) is 3.48. The second-order valence-electron chi connectivity index (χ2n) is 5.29. The second kappa shape index (κ2) is 7.23. The molecule has 0 radical (unpaired) electrons. The topological polar surface area (TPSA) is 64.3 Å². The molecule has 3 N–H and O–H groups in total. The van der Waals surface area contributed by atoms with Crippen molar-refractivity contribution in [1.82, 2.24) is 5.32 Å². The summed E-state index contributed by atoms with van der Waals surface area (Å²) in [5.74, 6) is 4.23. The number of hydrogen-bond acceptors (Lipinski definition) is 3. The van der Waals surface area contributed by atoms with Gasteiger partial charge in [-0.3, -0.25) is 0 Å². The van der Waals surface area contributed by atoms with E-state index in [9.17, 15) is 13.6 Å². The zero-order chi connectivity index (χ0) is 16.1. The molecule has 1 aliphatic rings. The summed E-state index contributed by atoms with van der Waals surface area (Å²) in [7, 11) is 0. The molecule has 1 fully saturated rings. The summed E-state index contributed by atoms with van der Waals surface area (Å²) >= 11 is 0. The van der Waals surface area contributed by atoms with Crippen LogP contribution in [0.2, 0.25) is 0 Å². The van der Waals surface area contributed by atoms with Gasteiger partial charge in [-0.15, -0.1) is 0 Å². The third kappa shape index (κ3) is 4.43. The van der Waals surface area contributed by atoms with Crippen molar-refractivity contribution < 1.29 is 18.3 Å². The molecule has 0 saturated heterocycles. The van der Waals surface area contributed by atoms with Crippen LogP contribution in [0.5, 0.6) is 0 Å². The van der Waals surface area contributed by atoms with Crippen molar-refractivity contribution in [1.29, 1.82) is 0 Å². The van der Waals surface area contributed by atoms with E-state index < -0.39 is 17.7 Å². The number of amides is 1. The highest BCUT2D eigenvalue weighted by molar-refractivity contribution is 5.68. The van der Waals surface area contributed by atoms with Crippen molar-refractivity contribution in [3.63, 3.8) is 0 Å². The molecular formula is C16H18F2N2O2. The molecule has 0 aromatic heterocycles. The molecule has 22 heavy (non-hydrogen) atoms. The standard InChI is InChI=1S/C16H18F2N2O2/c1-10(3-2-4-19)20-16(21)22-15-7-12(8-15)11-5-13(17)9-14(18)6-11/h5-6,9-10,12,15H,4,7-8,19H2,1H3,(H,20,21)/t10-,12?,15?/m1/s1. The summed E-state index contributed by atoms with van der Waals surface area (Å²) in [6.45, 7) is 1.96. The second-order valence-corrected chi connectivity index (χ2v) is 5.29. The fraction of sp³-hybridized carbons (Fsp3) is 0.438. The lowest BCUT2D eigenvalue weighted by atomic mass is 9.77. The SMILES string of the molecule is C[C@H](C#CCN)NC(=O)OC1CC(c2cc(F)cc(F)c2)C1. The first kappa shape index (κ1) is 16.2. The van der Waals surface area contributed by atoms with Gasteiger partial charge in [-0.05, 0) is 43.4 Å². The summed E-state index contributed by atoms with van der Waals surface area (Å²) in [5, 5.41) is 2.58. The van der Waals surface area contributed by atoms with E-state index >= 15 is 0 Å². The quantitative estimate of drug-likeness (QED) is 0.842. The molecular weight excluding hydrogens is 290 g/mol. The molecule has 1 aromatic rings. The van der Waals surface area contributed by atoms with Crippen LogP contribution in [0.15, 0.2) is 18.2 Å². The lowest BCUT2D eigenvalue weighted by Crippen LogP contribution is -2.39. The van der Waals surface area contributed by atoms with Crippen LogP contribution in [-0.2, 0) is 4.74 Å². The number of halogens is 2. The maximum absolute atomic E-state index is 13.1. The van der Waals surface area contributed by atoms with Crippen LogP contribution in [0.3, 0.4) is 0 Å². The molecule has 0 heterocycles. The number of hydrogen-bond donors (Lipinski definition) is 2. The van der Waals surface area contributed by atoms with Gasteiger partial charge in [0.25, 0.3) is 0 Å². The first-order chi connectivity index (χ1) is 10.5. The highest BCUT2D eigenvalue weighted by Crippen LogP contribution is 2.39. The summed E-state index contributed by atoms with van der Waals surface area (Å²) in [5.41, 5.74) is 5.84. The third-order valence-corrected chi connectivity index (χ3v) is 3.48. The minimum absolute atomic E-state index is 0.0115. The van der Waals surface area contributed by atoms with Gasteiger partial charge >= 0.3 is 6.09 Å². The van der Waals surface area contributed by atoms with Crippen molar-refractivity contribution in [3.8, 4) is 11.8 Å². The lowest BCUT2D eigenvalue weighted by Gasteiger charge is -2.35. The number of benzene rings is 1. The van der Waals surface area contributed by atoms with E-state index in [1.165, 1.54) is 12.1 Å². The minimum Gasteiger partial charge on any atom is -0.446 e. The van der Waals surface area contributed by atoms with Crippen LogP contribution in [-0.4, -0.2) is 24.8 Å². The maximum Gasteiger partial charge on any atom is 0.408 e. The Morgan fingerprint density at radius 3 is 2.64 bits per heavy atom. The Kier molecular flexibility index (Phi) is 5.34. The maximum atomic E-state index is 13.1. The van der Waals surface area contributed by atoms with Crippen molar-refractivity contribution >= 4 is 6.09 Å². The lowest BCUT2D eigenvalue weighted by molar-refractivity contribution is 0.0387. The highest BCUT2D eigenvalue weighted by atomic mass is 19.1. The largest absolute Gasteiger partial charge is 0.446 e. The molecule has 0 spiro atoms. The first-order valence-corrected chi connectivity index (χ1v) is 7.09. The van der Waals surface area contributed by atoms with Crippen molar-refractivity contribution in [2.45, 2.75) is 37.8 Å². The number of carbonyl (C=O) groups is 1. The average Bonchev–Trinajstić information content (AvgIpc) is 2.38.